The second-order valence-corrected chi connectivity index (χ2v) is 11.0. The number of hydrogen-bond donors (Lipinski definition) is 0. The van der Waals surface area contributed by atoms with Crippen LogP contribution in [0.3, 0.4) is 0 Å². The van der Waals surface area contributed by atoms with Gasteiger partial charge in [-0.1, -0.05) is 72.8 Å². The molecule has 0 saturated heterocycles. The Morgan fingerprint density at radius 3 is 2.32 bits per heavy atom. The van der Waals surface area contributed by atoms with E-state index in [9.17, 15) is 0 Å². The van der Waals surface area contributed by atoms with E-state index in [1.165, 1.54) is 49.4 Å². The molecule has 0 fully saturated rings. The van der Waals surface area contributed by atoms with Gasteiger partial charge in [0.05, 0.1) is 27.6 Å². The second kappa shape index (κ2) is 7.58. The number of rotatable bonds is 1. The number of aromatic nitrogens is 4. The molecule has 4 heterocycles. The van der Waals surface area contributed by atoms with Gasteiger partial charge in [-0.2, -0.15) is 0 Å². The Hall–Kier alpha value is -5.48. The Morgan fingerprint density at radius 1 is 0.585 bits per heavy atom. The largest absolute Gasteiger partial charge is 0.308 e. The fourth-order valence-corrected chi connectivity index (χ4v) is 7.34. The van der Waals surface area contributed by atoms with Crippen molar-refractivity contribution in [1.82, 2.24) is 18.9 Å². The summed E-state index contributed by atoms with van der Waals surface area (Å²) in [6, 6.07) is 39.4. The zero-order chi connectivity index (χ0) is 26.7. The normalized spacial score (nSPS) is 12.8. The Labute approximate surface area is 234 Å². The Kier molecular flexibility index (Phi) is 3.95. The molecular formula is C37H22N4. The summed E-state index contributed by atoms with van der Waals surface area (Å²) in [6.45, 7) is 0. The maximum atomic E-state index is 5.17. The van der Waals surface area contributed by atoms with Crippen molar-refractivity contribution in [2.24, 2.45) is 0 Å². The fourth-order valence-electron chi connectivity index (χ4n) is 7.34. The molecular weight excluding hydrogens is 500 g/mol. The minimum Gasteiger partial charge on any atom is -0.308 e. The number of benzene rings is 5. The molecule has 41 heavy (non-hydrogen) atoms. The zero-order valence-electron chi connectivity index (χ0n) is 22.0. The summed E-state index contributed by atoms with van der Waals surface area (Å²) < 4.78 is 4.80. The zero-order valence-corrected chi connectivity index (χ0v) is 22.0. The third-order valence-electron chi connectivity index (χ3n) is 9.00. The van der Waals surface area contributed by atoms with Crippen LogP contribution in [0.5, 0.6) is 0 Å². The van der Waals surface area contributed by atoms with Crippen molar-refractivity contribution in [2.45, 2.75) is 6.42 Å². The Balaban J connectivity index is 1.49. The van der Waals surface area contributed by atoms with Crippen molar-refractivity contribution < 1.29 is 0 Å². The van der Waals surface area contributed by atoms with E-state index in [0.717, 1.165) is 45.1 Å². The lowest BCUT2D eigenvalue weighted by atomic mass is 10.0. The van der Waals surface area contributed by atoms with E-state index >= 15 is 0 Å². The van der Waals surface area contributed by atoms with Crippen LogP contribution in [0.15, 0.2) is 122 Å². The molecule has 5 aromatic carbocycles. The van der Waals surface area contributed by atoms with E-state index in [0.29, 0.717) is 0 Å². The van der Waals surface area contributed by atoms with Gasteiger partial charge in [-0.15, -0.1) is 0 Å². The molecule has 0 radical (unpaired) electrons. The first-order valence-electron chi connectivity index (χ1n) is 14.1. The Bertz CT molecular complexity index is 2550. The van der Waals surface area contributed by atoms with Gasteiger partial charge < -0.3 is 4.57 Å². The minimum absolute atomic E-state index is 0.933. The molecule has 0 aliphatic heterocycles. The van der Waals surface area contributed by atoms with Crippen LogP contribution in [-0.4, -0.2) is 18.9 Å². The lowest BCUT2D eigenvalue weighted by Crippen LogP contribution is -1.98. The van der Waals surface area contributed by atoms with Crippen molar-refractivity contribution in [1.29, 1.82) is 0 Å². The first kappa shape index (κ1) is 21.4. The van der Waals surface area contributed by atoms with Crippen LogP contribution >= 0.6 is 0 Å². The summed E-state index contributed by atoms with van der Waals surface area (Å²) in [7, 11) is 0. The summed E-state index contributed by atoms with van der Waals surface area (Å²) in [4.78, 5) is 9.81. The highest BCUT2D eigenvalue weighted by molar-refractivity contribution is 6.28. The van der Waals surface area contributed by atoms with E-state index in [1.54, 1.807) is 0 Å². The molecule has 0 atom stereocenters. The van der Waals surface area contributed by atoms with Gasteiger partial charge in [0, 0.05) is 51.4 Å². The van der Waals surface area contributed by atoms with E-state index < -0.39 is 0 Å². The molecule has 4 aromatic heterocycles. The summed E-state index contributed by atoms with van der Waals surface area (Å²) in [5.74, 6) is 0. The van der Waals surface area contributed by atoms with E-state index in [-0.39, 0.29) is 0 Å². The summed E-state index contributed by atoms with van der Waals surface area (Å²) >= 11 is 0. The van der Waals surface area contributed by atoms with Gasteiger partial charge in [0.1, 0.15) is 5.65 Å². The predicted molar refractivity (Wildman–Crippen MR) is 168 cm³/mol. The van der Waals surface area contributed by atoms with Gasteiger partial charge in [0.15, 0.2) is 0 Å². The molecule has 0 saturated carbocycles. The van der Waals surface area contributed by atoms with Gasteiger partial charge in [-0.3, -0.25) is 9.38 Å². The van der Waals surface area contributed by atoms with Gasteiger partial charge in [-0.25, -0.2) is 4.98 Å². The van der Waals surface area contributed by atoms with Crippen molar-refractivity contribution in [3.8, 4) is 16.8 Å². The highest BCUT2D eigenvalue weighted by atomic mass is 15.0. The molecule has 0 unspecified atom stereocenters. The molecule has 1 aliphatic carbocycles. The summed E-state index contributed by atoms with van der Waals surface area (Å²) in [5.41, 5.74) is 13.3. The molecule has 1 aliphatic rings. The van der Waals surface area contributed by atoms with Crippen molar-refractivity contribution in [2.75, 3.05) is 0 Å². The topological polar surface area (TPSA) is 35.1 Å². The minimum atomic E-state index is 0.933. The first-order valence-corrected chi connectivity index (χ1v) is 14.1. The second-order valence-electron chi connectivity index (χ2n) is 11.0. The number of imidazole rings is 1. The van der Waals surface area contributed by atoms with Crippen LogP contribution < -0.4 is 0 Å². The molecule has 9 aromatic rings. The highest BCUT2D eigenvalue weighted by Gasteiger charge is 2.26. The van der Waals surface area contributed by atoms with Gasteiger partial charge in [-0.05, 0) is 58.7 Å². The van der Waals surface area contributed by atoms with Gasteiger partial charge in [0.25, 0.3) is 0 Å². The fraction of sp³-hybridized carbons (Fsp3) is 0.0270. The van der Waals surface area contributed by atoms with Crippen LogP contribution in [0.25, 0.3) is 77.0 Å². The highest BCUT2D eigenvalue weighted by Crippen LogP contribution is 2.46. The van der Waals surface area contributed by atoms with Crippen LogP contribution in [0.1, 0.15) is 11.1 Å². The lowest BCUT2D eigenvalue weighted by molar-refractivity contribution is 1.16. The summed E-state index contributed by atoms with van der Waals surface area (Å²) in [6.07, 6.45) is 4.85. The molecule has 10 rings (SSSR count). The SMILES string of the molecule is c1ccc(-n2c3c4c(ccc3c3ccc5c(c6cnccc6n6c7ccccc7nc56)c32)-c2ccccc2C4)cc1. The van der Waals surface area contributed by atoms with Gasteiger partial charge >= 0.3 is 0 Å². The predicted octanol–water partition coefficient (Wildman–Crippen LogP) is 8.86. The van der Waals surface area contributed by atoms with E-state index in [1.807, 2.05) is 12.4 Å². The number of hydrogen-bond acceptors (Lipinski definition) is 2. The first-order chi connectivity index (χ1) is 20.4. The maximum absolute atomic E-state index is 5.17. The number of pyridine rings is 2. The van der Waals surface area contributed by atoms with Crippen molar-refractivity contribution in [3.05, 3.63) is 133 Å². The van der Waals surface area contributed by atoms with Crippen molar-refractivity contribution >= 4 is 60.2 Å². The van der Waals surface area contributed by atoms with Crippen LogP contribution in [0.4, 0.5) is 0 Å². The standard InChI is InChI=1S/C37H22N4/c1-2-9-23(10-3-1)40-35-26(15-14-25-24-11-5-4-8-22(24)20-29(25)35)27-16-17-28-34(36(27)40)30-21-38-19-18-32(30)41-33-13-7-6-12-31(33)39-37(28)41/h1-19,21H,20H2. The van der Waals surface area contributed by atoms with E-state index in [2.05, 4.69) is 123 Å². The van der Waals surface area contributed by atoms with Crippen LogP contribution in [0.2, 0.25) is 0 Å². The van der Waals surface area contributed by atoms with Crippen LogP contribution in [-0.2, 0) is 6.42 Å². The van der Waals surface area contributed by atoms with E-state index in [4.69, 9.17) is 4.98 Å². The Morgan fingerprint density at radius 2 is 1.37 bits per heavy atom. The maximum Gasteiger partial charge on any atom is 0.146 e. The quantitative estimate of drug-likeness (QED) is 0.202. The molecule has 0 N–H and O–H groups in total. The third-order valence-corrected chi connectivity index (χ3v) is 9.00. The van der Waals surface area contributed by atoms with Crippen molar-refractivity contribution in [3.63, 3.8) is 0 Å². The monoisotopic (exact) mass is 522 g/mol. The summed E-state index contributed by atoms with van der Waals surface area (Å²) in [5, 5.41) is 5.99. The molecule has 0 amide bonds. The third kappa shape index (κ3) is 2.64. The molecule has 0 bridgehead atoms. The smallest absolute Gasteiger partial charge is 0.146 e. The molecule has 0 spiro atoms. The number of nitrogens with zero attached hydrogens (tertiary/aromatic N) is 4. The average molecular weight is 523 g/mol. The molecule has 190 valence electrons. The molecule has 4 nitrogen and oxygen atoms in total. The number of para-hydroxylation sites is 3. The lowest BCUT2D eigenvalue weighted by Gasteiger charge is -2.14. The van der Waals surface area contributed by atoms with Crippen LogP contribution in [0, 0.1) is 0 Å². The average Bonchev–Trinajstić information content (AvgIpc) is 3.71. The molecule has 4 heteroatoms. The number of fused-ring (bicyclic) bond motifs is 16. The van der Waals surface area contributed by atoms with Gasteiger partial charge in [0.2, 0.25) is 0 Å².